The molecule has 0 unspecified atom stereocenters. The summed E-state index contributed by atoms with van der Waals surface area (Å²) >= 11 is 3.31. The average molecular weight is 352 g/mol. The number of rotatable bonds is 5. The van der Waals surface area contributed by atoms with Crippen molar-refractivity contribution in [3.8, 4) is 11.8 Å². The van der Waals surface area contributed by atoms with Crippen molar-refractivity contribution in [1.29, 1.82) is 0 Å². The Morgan fingerprint density at radius 2 is 2.24 bits per heavy atom. The van der Waals surface area contributed by atoms with Crippen molar-refractivity contribution < 1.29 is 9.13 Å². The fraction of sp³-hybridized carbons (Fsp3) is 0.333. The number of nitrogens with zero attached hydrogens (tertiary/aromatic N) is 2. The molecule has 2 aromatic rings. The third-order valence-electron chi connectivity index (χ3n) is 3.31. The predicted octanol–water partition coefficient (Wildman–Crippen LogP) is 3.73. The summed E-state index contributed by atoms with van der Waals surface area (Å²) in [6, 6.07) is 5.10. The molecule has 0 aliphatic heterocycles. The number of halogens is 2. The summed E-state index contributed by atoms with van der Waals surface area (Å²) in [5, 5.41) is 3.42. The van der Waals surface area contributed by atoms with Gasteiger partial charge >= 0.3 is 6.01 Å². The molecule has 6 heteroatoms. The minimum Gasteiger partial charge on any atom is -0.423 e. The van der Waals surface area contributed by atoms with E-state index in [1.165, 1.54) is 25.0 Å². The molecule has 1 N–H and O–H groups in total. The fourth-order valence-electron chi connectivity index (χ4n) is 1.89. The van der Waals surface area contributed by atoms with E-state index < -0.39 is 0 Å². The predicted molar refractivity (Wildman–Crippen MR) is 80.8 cm³/mol. The van der Waals surface area contributed by atoms with Crippen LogP contribution in [0, 0.1) is 12.7 Å². The Hall–Kier alpha value is -1.53. The largest absolute Gasteiger partial charge is 0.423 e. The first kappa shape index (κ1) is 14.4. The van der Waals surface area contributed by atoms with Gasteiger partial charge in [-0.25, -0.2) is 9.37 Å². The Labute approximate surface area is 130 Å². The smallest absolute Gasteiger partial charge is 0.322 e. The summed E-state index contributed by atoms with van der Waals surface area (Å²) in [5.41, 5.74) is 1.91. The first-order valence-electron chi connectivity index (χ1n) is 6.80. The van der Waals surface area contributed by atoms with E-state index in [1.807, 2.05) is 6.92 Å². The van der Waals surface area contributed by atoms with Gasteiger partial charge in [0.05, 0.1) is 4.47 Å². The maximum absolute atomic E-state index is 13.2. The lowest BCUT2D eigenvalue weighted by atomic mass is 10.2. The Bertz CT molecular complexity index is 661. The molecular formula is C15H15BrFN3O. The molecule has 1 aliphatic carbocycles. The normalized spacial score (nSPS) is 14.2. The molecule has 3 rings (SSSR count). The molecule has 110 valence electrons. The third-order valence-corrected chi connectivity index (χ3v) is 3.97. The molecule has 21 heavy (non-hydrogen) atoms. The van der Waals surface area contributed by atoms with Crippen molar-refractivity contribution >= 4 is 15.9 Å². The summed E-state index contributed by atoms with van der Waals surface area (Å²) in [6.07, 6.45) is 4.24. The third kappa shape index (κ3) is 3.77. The quantitative estimate of drug-likeness (QED) is 0.891. The number of nitrogens with one attached hydrogen (secondary N) is 1. The highest BCUT2D eigenvalue weighted by Crippen LogP contribution is 2.29. The number of benzene rings is 1. The van der Waals surface area contributed by atoms with E-state index in [-0.39, 0.29) is 11.8 Å². The van der Waals surface area contributed by atoms with Crippen LogP contribution in [-0.2, 0) is 6.54 Å². The standard InChI is InChI=1S/C15H15BrFN3O/c1-9-10(7-18-12-3-4-12)8-19-15(20-9)21-14-6-11(17)2-5-13(14)16/h2,5-6,8,12,18H,3-4,7H2,1H3. The number of hydrogen-bond acceptors (Lipinski definition) is 4. The molecule has 0 radical (unpaired) electrons. The van der Waals surface area contributed by atoms with Crippen molar-refractivity contribution in [2.24, 2.45) is 0 Å². The zero-order valence-corrected chi connectivity index (χ0v) is 13.2. The average Bonchev–Trinajstić information content (AvgIpc) is 3.26. The van der Waals surface area contributed by atoms with E-state index in [0.717, 1.165) is 17.8 Å². The Morgan fingerprint density at radius 1 is 1.43 bits per heavy atom. The Balaban J connectivity index is 1.73. The second-order valence-electron chi connectivity index (χ2n) is 5.10. The molecule has 1 saturated carbocycles. The highest BCUT2D eigenvalue weighted by Gasteiger charge is 2.20. The van der Waals surface area contributed by atoms with E-state index in [9.17, 15) is 4.39 Å². The molecule has 0 spiro atoms. The maximum Gasteiger partial charge on any atom is 0.322 e. The lowest BCUT2D eigenvalue weighted by Crippen LogP contribution is -2.16. The van der Waals surface area contributed by atoms with Crippen LogP contribution >= 0.6 is 15.9 Å². The van der Waals surface area contributed by atoms with Crippen LogP contribution in [0.25, 0.3) is 0 Å². The number of aryl methyl sites for hydroxylation is 1. The van der Waals surface area contributed by atoms with E-state index in [2.05, 4.69) is 31.2 Å². The van der Waals surface area contributed by atoms with Crippen LogP contribution in [0.15, 0.2) is 28.9 Å². The van der Waals surface area contributed by atoms with E-state index in [1.54, 1.807) is 12.3 Å². The molecule has 0 amide bonds. The fourth-order valence-corrected chi connectivity index (χ4v) is 2.22. The van der Waals surface area contributed by atoms with E-state index in [0.29, 0.717) is 16.3 Å². The van der Waals surface area contributed by atoms with Gasteiger partial charge in [0.2, 0.25) is 0 Å². The zero-order chi connectivity index (χ0) is 14.8. The van der Waals surface area contributed by atoms with Crippen molar-refractivity contribution in [3.05, 3.63) is 45.9 Å². The number of ether oxygens (including phenoxy) is 1. The van der Waals surface area contributed by atoms with E-state index in [4.69, 9.17) is 4.74 Å². The summed E-state index contributed by atoms with van der Waals surface area (Å²) < 4.78 is 19.4. The first-order valence-corrected chi connectivity index (χ1v) is 7.60. The zero-order valence-electron chi connectivity index (χ0n) is 11.6. The SMILES string of the molecule is Cc1nc(Oc2cc(F)ccc2Br)ncc1CNC1CC1. The molecule has 1 aromatic heterocycles. The second-order valence-corrected chi connectivity index (χ2v) is 5.95. The highest BCUT2D eigenvalue weighted by atomic mass is 79.9. The highest BCUT2D eigenvalue weighted by molar-refractivity contribution is 9.10. The maximum atomic E-state index is 13.2. The van der Waals surface area contributed by atoms with Crippen LogP contribution in [0.3, 0.4) is 0 Å². The molecule has 0 saturated heterocycles. The Morgan fingerprint density at radius 3 is 2.95 bits per heavy atom. The molecule has 1 aromatic carbocycles. The molecule has 0 bridgehead atoms. The van der Waals surface area contributed by atoms with Crippen LogP contribution in [0.1, 0.15) is 24.1 Å². The van der Waals surface area contributed by atoms with E-state index >= 15 is 0 Å². The van der Waals surface area contributed by atoms with Gasteiger partial charge in [0.25, 0.3) is 0 Å². The van der Waals surface area contributed by atoms with Gasteiger partial charge in [-0.1, -0.05) is 0 Å². The first-order chi connectivity index (χ1) is 10.1. The summed E-state index contributed by atoms with van der Waals surface area (Å²) in [4.78, 5) is 8.51. The molecule has 0 atom stereocenters. The van der Waals surface area contributed by atoms with Gasteiger partial charge < -0.3 is 10.1 Å². The number of hydrogen-bond donors (Lipinski definition) is 1. The summed E-state index contributed by atoms with van der Waals surface area (Å²) in [7, 11) is 0. The van der Waals surface area contributed by atoms with Gasteiger partial charge in [0.1, 0.15) is 11.6 Å². The molecular weight excluding hydrogens is 337 g/mol. The summed E-state index contributed by atoms with van der Waals surface area (Å²) in [5.74, 6) is -0.00608. The van der Waals surface area contributed by atoms with Crippen LogP contribution in [0.5, 0.6) is 11.8 Å². The van der Waals surface area contributed by atoms with Crippen molar-refractivity contribution in [2.75, 3.05) is 0 Å². The minimum atomic E-state index is -0.366. The molecule has 1 aliphatic rings. The van der Waals surface area contributed by atoms with Crippen LogP contribution in [0.2, 0.25) is 0 Å². The number of aromatic nitrogens is 2. The van der Waals surface area contributed by atoms with Gasteiger partial charge in [-0.05, 0) is 47.8 Å². The molecule has 1 fully saturated rings. The topological polar surface area (TPSA) is 47.0 Å². The van der Waals surface area contributed by atoms with Gasteiger partial charge in [-0.15, -0.1) is 0 Å². The van der Waals surface area contributed by atoms with Gasteiger partial charge in [0.15, 0.2) is 0 Å². The van der Waals surface area contributed by atoms with Crippen LogP contribution in [-0.4, -0.2) is 16.0 Å². The van der Waals surface area contributed by atoms with Crippen LogP contribution < -0.4 is 10.1 Å². The van der Waals surface area contributed by atoms with Crippen molar-refractivity contribution in [1.82, 2.24) is 15.3 Å². The minimum absolute atomic E-state index is 0.217. The van der Waals surface area contributed by atoms with Gasteiger partial charge in [-0.3, -0.25) is 0 Å². The van der Waals surface area contributed by atoms with Gasteiger partial charge in [0, 0.05) is 36.1 Å². The van der Waals surface area contributed by atoms with Crippen molar-refractivity contribution in [3.63, 3.8) is 0 Å². The molecule has 4 nitrogen and oxygen atoms in total. The monoisotopic (exact) mass is 351 g/mol. The molecule has 1 heterocycles. The lowest BCUT2D eigenvalue weighted by molar-refractivity contribution is 0.432. The Kier molecular flexibility index (Phi) is 4.17. The lowest BCUT2D eigenvalue weighted by Gasteiger charge is -2.09. The second kappa shape index (κ2) is 6.07. The summed E-state index contributed by atoms with van der Waals surface area (Å²) in [6.45, 7) is 2.68. The van der Waals surface area contributed by atoms with Crippen molar-refractivity contribution in [2.45, 2.75) is 32.4 Å². The van der Waals surface area contributed by atoms with Gasteiger partial charge in [-0.2, -0.15) is 4.98 Å². The van der Waals surface area contributed by atoms with Crippen LogP contribution in [0.4, 0.5) is 4.39 Å².